The van der Waals surface area contributed by atoms with Gasteiger partial charge >= 0.3 is 5.82 Å². The molecular formula is C13H18N4O2. The van der Waals surface area contributed by atoms with Crippen molar-refractivity contribution in [2.45, 2.75) is 37.8 Å². The van der Waals surface area contributed by atoms with Crippen molar-refractivity contribution < 1.29 is 4.92 Å². The van der Waals surface area contributed by atoms with E-state index in [1.165, 1.54) is 31.7 Å². The van der Waals surface area contributed by atoms with Crippen LogP contribution in [0.5, 0.6) is 0 Å². The van der Waals surface area contributed by atoms with Gasteiger partial charge in [-0.2, -0.15) is 0 Å². The topological polar surface area (TPSA) is 71.3 Å². The molecule has 1 saturated heterocycles. The number of anilines is 1. The van der Waals surface area contributed by atoms with Gasteiger partial charge in [0.15, 0.2) is 6.20 Å². The van der Waals surface area contributed by atoms with Gasteiger partial charge in [0.2, 0.25) is 0 Å². The second-order valence-corrected chi connectivity index (χ2v) is 5.31. The van der Waals surface area contributed by atoms with Crippen LogP contribution in [-0.4, -0.2) is 35.1 Å². The van der Waals surface area contributed by atoms with E-state index in [1.54, 1.807) is 6.20 Å². The first-order valence-corrected chi connectivity index (χ1v) is 6.84. The molecule has 1 aromatic rings. The molecule has 1 aliphatic heterocycles. The lowest BCUT2D eigenvalue weighted by atomic mass is 10.2. The Kier molecular flexibility index (Phi) is 3.33. The van der Waals surface area contributed by atoms with Gasteiger partial charge in [0.05, 0.1) is 5.69 Å². The summed E-state index contributed by atoms with van der Waals surface area (Å²) in [4.78, 5) is 16.4. The van der Waals surface area contributed by atoms with E-state index >= 15 is 0 Å². The summed E-state index contributed by atoms with van der Waals surface area (Å²) in [6, 6.07) is 4.44. The van der Waals surface area contributed by atoms with Gasteiger partial charge in [-0.05, 0) is 48.2 Å². The van der Waals surface area contributed by atoms with Crippen LogP contribution in [0.3, 0.4) is 0 Å². The molecule has 2 aliphatic rings. The number of hydrogen-bond donors (Lipinski definition) is 1. The van der Waals surface area contributed by atoms with E-state index in [2.05, 4.69) is 15.2 Å². The molecule has 2 fully saturated rings. The third-order valence-corrected chi connectivity index (χ3v) is 3.82. The van der Waals surface area contributed by atoms with Gasteiger partial charge in [0.25, 0.3) is 0 Å². The van der Waals surface area contributed by atoms with E-state index in [0.29, 0.717) is 12.1 Å². The molecule has 1 saturated carbocycles. The van der Waals surface area contributed by atoms with Gasteiger partial charge in [-0.3, -0.25) is 0 Å². The quantitative estimate of drug-likeness (QED) is 0.646. The normalized spacial score (nSPS) is 22.4. The van der Waals surface area contributed by atoms with Gasteiger partial charge in [-0.1, -0.05) is 0 Å². The largest absolute Gasteiger partial charge is 0.364 e. The second-order valence-electron chi connectivity index (χ2n) is 5.31. The number of aromatic nitrogens is 1. The highest BCUT2D eigenvalue weighted by molar-refractivity contribution is 5.49. The van der Waals surface area contributed by atoms with Crippen molar-refractivity contribution >= 4 is 11.5 Å². The van der Waals surface area contributed by atoms with Crippen LogP contribution in [0.25, 0.3) is 0 Å². The van der Waals surface area contributed by atoms with Gasteiger partial charge in [0, 0.05) is 24.7 Å². The minimum absolute atomic E-state index is 0.0847. The third-order valence-electron chi connectivity index (χ3n) is 3.82. The summed E-state index contributed by atoms with van der Waals surface area (Å²) in [6.07, 6.45) is 6.50. The van der Waals surface area contributed by atoms with E-state index in [1.807, 2.05) is 6.07 Å². The summed E-state index contributed by atoms with van der Waals surface area (Å²) in [7, 11) is 0. The van der Waals surface area contributed by atoms with Crippen LogP contribution in [0.1, 0.15) is 25.7 Å². The summed E-state index contributed by atoms with van der Waals surface area (Å²) < 4.78 is 0. The molecule has 1 N–H and O–H groups in total. The second kappa shape index (κ2) is 5.13. The summed E-state index contributed by atoms with van der Waals surface area (Å²) in [5, 5.41) is 14.1. The van der Waals surface area contributed by atoms with Crippen LogP contribution in [0.4, 0.5) is 11.5 Å². The third kappa shape index (κ3) is 2.84. The van der Waals surface area contributed by atoms with E-state index in [-0.39, 0.29) is 5.82 Å². The Morgan fingerprint density at radius 2 is 2.26 bits per heavy atom. The van der Waals surface area contributed by atoms with Gasteiger partial charge in [-0.15, -0.1) is 0 Å². The highest BCUT2D eigenvalue weighted by Crippen LogP contribution is 2.32. The molecular weight excluding hydrogens is 244 g/mol. The smallest absolute Gasteiger partial charge is 0.363 e. The Morgan fingerprint density at radius 1 is 1.42 bits per heavy atom. The van der Waals surface area contributed by atoms with E-state index in [9.17, 15) is 10.1 Å². The van der Waals surface area contributed by atoms with Crippen LogP contribution >= 0.6 is 0 Å². The average Bonchev–Trinajstić information content (AvgIpc) is 3.13. The number of hydrogen-bond acceptors (Lipinski definition) is 5. The van der Waals surface area contributed by atoms with Crippen LogP contribution in [0.15, 0.2) is 18.3 Å². The molecule has 6 nitrogen and oxygen atoms in total. The van der Waals surface area contributed by atoms with E-state index in [0.717, 1.165) is 18.8 Å². The fraction of sp³-hybridized carbons (Fsp3) is 0.615. The van der Waals surface area contributed by atoms with Crippen molar-refractivity contribution in [2.24, 2.45) is 0 Å². The van der Waals surface area contributed by atoms with Crippen molar-refractivity contribution in [3.8, 4) is 0 Å². The number of pyridine rings is 1. The Labute approximate surface area is 112 Å². The summed E-state index contributed by atoms with van der Waals surface area (Å²) in [5.41, 5.74) is 1.00. The van der Waals surface area contributed by atoms with E-state index in [4.69, 9.17) is 0 Å². The van der Waals surface area contributed by atoms with E-state index < -0.39 is 4.92 Å². The standard InChI is InChI=1S/C13H18N4O2/c18-17(19)13-6-5-12(8-15-13)16(11-3-4-11)9-10-2-1-7-14-10/h5-6,8,10-11,14H,1-4,7,9H2. The summed E-state index contributed by atoms with van der Waals surface area (Å²) >= 11 is 0. The zero-order valence-corrected chi connectivity index (χ0v) is 10.8. The maximum absolute atomic E-state index is 10.6. The SMILES string of the molecule is O=[N+]([O-])c1ccc(N(CC2CCCN2)C2CC2)cn1. The maximum atomic E-state index is 10.6. The lowest BCUT2D eigenvalue weighted by Gasteiger charge is -2.26. The summed E-state index contributed by atoms with van der Waals surface area (Å²) in [5.74, 6) is -0.0847. The highest BCUT2D eigenvalue weighted by atomic mass is 16.6. The predicted molar refractivity (Wildman–Crippen MR) is 72.3 cm³/mol. The monoisotopic (exact) mass is 262 g/mol. The summed E-state index contributed by atoms with van der Waals surface area (Å²) in [6.45, 7) is 2.08. The average molecular weight is 262 g/mol. The minimum Gasteiger partial charge on any atom is -0.364 e. The zero-order chi connectivity index (χ0) is 13.2. The lowest BCUT2D eigenvalue weighted by Crippen LogP contribution is -2.39. The van der Waals surface area contributed by atoms with Crippen LogP contribution in [0, 0.1) is 10.1 Å². The van der Waals surface area contributed by atoms with Gasteiger partial charge in [0.1, 0.15) is 0 Å². The number of rotatable bonds is 5. The lowest BCUT2D eigenvalue weighted by molar-refractivity contribution is -0.389. The molecule has 19 heavy (non-hydrogen) atoms. The molecule has 1 aliphatic carbocycles. The van der Waals surface area contributed by atoms with Crippen LogP contribution in [0.2, 0.25) is 0 Å². The fourth-order valence-electron chi connectivity index (χ4n) is 2.66. The Bertz CT molecular complexity index is 452. The fourth-order valence-corrected chi connectivity index (χ4v) is 2.66. The van der Waals surface area contributed by atoms with Gasteiger partial charge < -0.3 is 20.3 Å². The Balaban J connectivity index is 1.73. The molecule has 1 unspecified atom stereocenters. The Hall–Kier alpha value is -1.69. The van der Waals surface area contributed by atoms with Crippen LogP contribution < -0.4 is 10.2 Å². The van der Waals surface area contributed by atoms with Crippen molar-refractivity contribution in [3.05, 3.63) is 28.4 Å². The van der Waals surface area contributed by atoms with Crippen molar-refractivity contribution in [1.29, 1.82) is 0 Å². The molecule has 0 aromatic carbocycles. The minimum atomic E-state index is -0.455. The zero-order valence-electron chi connectivity index (χ0n) is 10.8. The van der Waals surface area contributed by atoms with Gasteiger partial charge in [-0.25, -0.2) is 0 Å². The molecule has 1 atom stereocenters. The number of nitro groups is 1. The molecule has 0 amide bonds. The van der Waals surface area contributed by atoms with Crippen molar-refractivity contribution in [2.75, 3.05) is 18.0 Å². The molecule has 2 heterocycles. The molecule has 6 heteroatoms. The van der Waals surface area contributed by atoms with Crippen molar-refractivity contribution in [1.82, 2.24) is 10.3 Å². The van der Waals surface area contributed by atoms with Crippen LogP contribution in [-0.2, 0) is 0 Å². The molecule has 0 radical (unpaired) electrons. The molecule has 3 rings (SSSR count). The maximum Gasteiger partial charge on any atom is 0.363 e. The molecule has 102 valence electrons. The Morgan fingerprint density at radius 3 is 2.79 bits per heavy atom. The first-order valence-electron chi connectivity index (χ1n) is 6.84. The highest BCUT2D eigenvalue weighted by Gasteiger charge is 2.32. The van der Waals surface area contributed by atoms with Crippen molar-refractivity contribution in [3.63, 3.8) is 0 Å². The molecule has 0 bridgehead atoms. The molecule has 0 spiro atoms. The first kappa shape index (κ1) is 12.3. The predicted octanol–water partition coefficient (Wildman–Crippen LogP) is 1.71. The first-order chi connectivity index (χ1) is 9.24. The number of nitrogens with one attached hydrogen (secondary N) is 1. The molecule has 1 aromatic heterocycles. The number of nitrogens with zero attached hydrogens (tertiary/aromatic N) is 3.